The fraction of sp³-hybridized carbons (Fsp3) is 0.467. The van der Waals surface area contributed by atoms with Crippen molar-refractivity contribution in [3.05, 3.63) is 24.5 Å². The topological polar surface area (TPSA) is 96.9 Å². The highest BCUT2D eigenvalue weighted by Gasteiger charge is 2.49. The van der Waals surface area contributed by atoms with E-state index in [0.717, 1.165) is 23.4 Å². The fourth-order valence-corrected chi connectivity index (χ4v) is 3.27. The van der Waals surface area contributed by atoms with E-state index in [1.807, 2.05) is 6.19 Å². The maximum Gasteiger partial charge on any atom is 0.534 e. The summed E-state index contributed by atoms with van der Waals surface area (Å²) in [4.78, 5) is 1.27. The van der Waals surface area contributed by atoms with Crippen molar-refractivity contribution < 1.29 is 30.5 Å². The number of nitriles is 1. The highest BCUT2D eigenvalue weighted by Crippen LogP contribution is 2.34. The van der Waals surface area contributed by atoms with Gasteiger partial charge < -0.3 is 8.92 Å². The van der Waals surface area contributed by atoms with Gasteiger partial charge >= 0.3 is 15.6 Å². The molecule has 0 aromatic carbocycles. The maximum atomic E-state index is 12.7. The summed E-state index contributed by atoms with van der Waals surface area (Å²) in [6.45, 7) is 1.44. The monoisotopic (exact) mass is 404 g/mol. The average molecular weight is 404 g/mol. The maximum absolute atomic E-state index is 12.7. The van der Waals surface area contributed by atoms with Crippen molar-refractivity contribution in [1.29, 1.82) is 5.26 Å². The van der Waals surface area contributed by atoms with E-state index >= 15 is 0 Å². The van der Waals surface area contributed by atoms with E-state index in [0.29, 0.717) is 19.8 Å². The zero-order valence-corrected chi connectivity index (χ0v) is 14.7. The van der Waals surface area contributed by atoms with Crippen molar-refractivity contribution in [3.8, 4) is 11.9 Å². The van der Waals surface area contributed by atoms with Gasteiger partial charge in [0.05, 0.1) is 6.20 Å². The summed E-state index contributed by atoms with van der Waals surface area (Å²) in [5.41, 5.74) is -5.45. The number of pyridine rings is 1. The van der Waals surface area contributed by atoms with Crippen LogP contribution in [0.25, 0.3) is 5.52 Å². The van der Waals surface area contributed by atoms with E-state index in [-0.39, 0.29) is 17.1 Å². The zero-order valence-electron chi connectivity index (χ0n) is 13.9. The molecule has 1 fully saturated rings. The molecule has 0 radical (unpaired) electrons. The predicted molar refractivity (Wildman–Crippen MR) is 87.3 cm³/mol. The molecule has 3 heterocycles. The Labute approximate surface area is 152 Å². The van der Waals surface area contributed by atoms with E-state index < -0.39 is 21.4 Å². The van der Waals surface area contributed by atoms with Gasteiger partial charge in [-0.25, -0.2) is 4.52 Å². The number of ether oxygens (including phenoxy) is 1. The van der Waals surface area contributed by atoms with Crippen LogP contribution in [-0.4, -0.2) is 43.3 Å². The molecule has 27 heavy (non-hydrogen) atoms. The van der Waals surface area contributed by atoms with Gasteiger partial charge in [-0.3, -0.25) is 4.90 Å². The van der Waals surface area contributed by atoms with Gasteiger partial charge in [-0.1, -0.05) is 0 Å². The van der Waals surface area contributed by atoms with Crippen molar-refractivity contribution in [2.24, 2.45) is 5.92 Å². The summed E-state index contributed by atoms with van der Waals surface area (Å²) in [6.07, 6.45) is 6.15. The SMILES string of the molecule is N#CN(CC1CCOCC1)c1cnn2cccc(OS(=O)(=O)C(F)(F)F)c12. The highest BCUT2D eigenvalue weighted by atomic mass is 32.2. The normalized spacial score (nSPS) is 16.2. The minimum absolute atomic E-state index is 0.0427. The molecule has 0 aliphatic carbocycles. The number of aromatic nitrogens is 2. The summed E-state index contributed by atoms with van der Waals surface area (Å²) in [6, 6.07) is 2.37. The van der Waals surface area contributed by atoms with Crippen LogP contribution in [0.5, 0.6) is 5.75 Å². The molecule has 1 aliphatic rings. The zero-order chi connectivity index (χ0) is 19.7. The molecule has 0 bridgehead atoms. The molecule has 12 heteroatoms. The number of fused-ring (bicyclic) bond motifs is 1. The van der Waals surface area contributed by atoms with Gasteiger partial charge in [0, 0.05) is 26.0 Å². The van der Waals surface area contributed by atoms with E-state index in [1.54, 1.807) is 0 Å². The lowest BCUT2D eigenvalue weighted by atomic mass is 10.00. The molecule has 1 saturated heterocycles. The number of nitrogens with zero attached hydrogens (tertiary/aromatic N) is 4. The first-order chi connectivity index (χ1) is 12.7. The number of anilines is 1. The van der Waals surface area contributed by atoms with Gasteiger partial charge in [0.15, 0.2) is 11.9 Å². The number of halogens is 3. The van der Waals surface area contributed by atoms with Crippen molar-refractivity contribution in [1.82, 2.24) is 9.61 Å². The van der Waals surface area contributed by atoms with Crippen molar-refractivity contribution in [2.75, 3.05) is 24.7 Å². The van der Waals surface area contributed by atoms with Gasteiger partial charge in [0.2, 0.25) is 0 Å². The van der Waals surface area contributed by atoms with Crippen LogP contribution in [0, 0.1) is 17.4 Å². The molecule has 0 amide bonds. The van der Waals surface area contributed by atoms with Crippen LogP contribution < -0.4 is 9.08 Å². The van der Waals surface area contributed by atoms with E-state index in [9.17, 15) is 26.9 Å². The van der Waals surface area contributed by atoms with Gasteiger partial charge in [-0.2, -0.15) is 31.9 Å². The molecule has 0 saturated carbocycles. The van der Waals surface area contributed by atoms with Crippen LogP contribution >= 0.6 is 0 Å². The Hall–Kier alpha value is -2.52. The molecule has 3 rings (SSSR count). The van der Waals surface area contributed by atoms with E-state index in [4.69, 9.17) is 4.74 Å². The van der Waals surface area contributed by atoms with Crippen LogP contribution in [0.4, 0.5) is 18.9 Å². The van der Waals surface area contributed by atoms with Crippen molar-refractivity contribution in [2.45, 2.75) is 18.3 Å². The Bertz CT molecular complexity index is 962. The predicted octanol–water partition coefficient (Wildman–Crippen LogP) is 2.28. The Balaban J connectivity index is 1.98. The minimum Gasteiger partial charge on any atom is -0.381 e. The Morgan fingerprint density at radius 2 is 2.11 bits per heavy atom. The number of hydrogen-bond acceptors (Lipinski definition) is 7. The lowest BCUT2D eigenvalue weighted by Crippen LogP contribution is -2.29. The largest absolute Gasteiger partial charge is 0.534 e. The first-order valence-electron chi connectivity index (χ1n) is 7.95. The smallest absolute Gasteiger partial charge is 0.381 e. The summed E-state index contributed by atoms with van der Waals surface area (Å²) < 4.78 is 71.5. The number of rotatable bonds is 5. The third-order valence-electron chi connectivity index (χ3n) is 4.16. The van der Waals surface area contributed by atoms with Crippen LogP contribution in [-0.2, 0) is 14.9 Å². The second-order valence-electron chi connectivity index (χ2n) is 5.94. The lowest BCUT2D eigenvalue weighted by molar-refractivity contribution is -0.0499. The third-order valence-corrected chi connectivity index (χ3v) is 5.13. The van der Waals surface area contributed by atoms with Crippen molar-refractivity contribution in [3.63, 3.8) is 0 Å². The molecule has 2 aromatic heterocycles. The summed E-state index contributed by atoms with van der Waals surface area (Å²) >= 11 is 0. The van der Waals surface area contributed by atoms with Gasteiger partial charge in [-0.05, 0) is 30.9 Å². The van der Waals surface area contributed by atoms with Crippen LogP contribution in [0.2, 0.25) is 0 Å². The number of alkyl halides is 3. The second kappa shape index (κ2) is 7.24. The Kier molecular flexibility index (Phi) is 5.16. The Morgan fingerprint density at radius 1 is 1.41 bits per heavy atom. The van der Waals surface area contributed by atoms with Gasteiger partial charge in [0.25, 0.3) is 0 Å². The van der Waals surface area contributed by atoms with E-state index in [2.05, 4.69) is 9.28 Å². The summed E-state index contributed by atoms with van der Waals surface area (Å²) in [5.74, 6) is -0.408. The quantitative estimate of drug-likeness (QED) is 0.326. The molecule has 0 atom stereocenters. The third kappa shape index (κ3) is 3.93. The molecule has 1 aliphatic heterocycles. The molecule has 0 unspecified atom stereocenters. The summed E-state index contributed by atoms with van der Waals surface area (Å²) in [5, 5.41) is 13.5. The van der Waals surface area contributed by atoms with Crippen LogP contribution in [0.15, 0.2) is 24.5 Å². The molecule has 8 nitrogen and oxygen atoms in total. The van der Waals surface area contributed by atoms with Crippen LogP contribution in [0.1, 0.15) is 12.8 Å². The molecular weight excluding hydrogens is 389 g/mol. The van der Waals surface area contributed by atoms with Gasteiger partial charge in [0.1, 0.15) is 11.2 Å². The van der Waals surface area contributed by atoms with Crippen molar-refractivity contribution >= 4 is 21.3 Å². The Morgan fingerprint density at radius 3 is 2.74 bits per heavy atom. The molecule has 146 valence electrons. The first-order valence-corrected chi connectivity index (χ1v) is 9.36. The second-order valence-corrected chi connectivity index (χ2v) is 7.48. The molecule has 2 aromatic rings. The average Bonchev–Trinajstić information content (AvgIpc) is 3.04. The first kappa shape index (κ1) is 19.2. The summed E-state index contributed by atoms with van der Waals surface area (Å²) in [7, 11) is -5.86. The number of hydrogen-bond donors (Lipinski definition) is 0. The van der Waals surface area contributed by atoms with Crippen LogP contribution in [0.3, 0.4) is 0 Å². The molecular formula is C15H15F3N4O4S. The van der Waals surface area contributed by atoms with Gasteiger partial charge in [-0.15, -0.1) is 0 Å². The standard InChI is InChI=1S/C15H15F3N4O4S/c16-15(17,18)27(23,24)26-13-2-1-5-22-14(13)12(8-20-22)21(10-19)9-11-3-6-25-7-4-11/h1-2,5,8,11H,3-4,6-7,9H2. The molecule has 0 spiro atoms. The fourth-order valence-electron chi connectivity index (χ4n) is 2.81. The highest BCUT2D eigenvalue weighted by molar-refractivity contribution is 7.88. The molecule has 0 N–H and O–H groups in total. The van der Waals surface area contributed by atoms with E-state index in [1.165, 1.54) is 23.4 Å². The minimum atomic E-state index is -5.86. The lowest BCUT2D eigenvalue weighted by Gasteiger charge is -2.25.